The van der Waals surface area contributed by atoms with Gasteiger partial charge < -0.3 is 5.32 Å². The first-order valence-electron chi connectivity index (χ1n) is 4.69. The molecule has 2 rings (SSSR count). The second-order valence-electron chi connectivity index (χ2n) is 3.52. The zero-order valence-corrected chi connectivity index (χ0v) is 9.51. The monoisotopic (exact) mass is 213 g/mol. The highest BCUT2D eigenvalue weighted by molar-refractivity contribution is 7.99. The minimum absolute atomic E-state index is 0.754. The third-order valence-corrected chi connectivity index (χ3v) is 4.55. The summed E-state index contributed by atoms with van der Waals surface area (Å²) in [4.78, 5) is 0. The molecule has 1 aromatic rings. The lowest BCUT2D eigenvalue weighted by molar-refractivity contribution is 0.557. The van der Waals surface area contributed by atoms with Gasteiger partial charge in [0.05, 0.1) is 0 Å². The molecule has 0 aromatic carbocycles. The zero-order chi connectivity index (χ0) is 9.10. The van der Waals surface area contributed by atoms with E-state index in [1.807, 2.05) is 0 Å². The second-order valence-corrected chi connectivity index (χ2v) is 5.41. The van der Waals surface area contributed by atoms with Crippen LogP contribution in [0.1, 0.15) is 17.5 Å². The predicted octanol–water partition coefficient (Wildman–Crippen LogP) is 2.65. The first-order chi connectivity index (χ1) is 6.36. The van der Waals surface area contributed by atoms with Gasteiger partial charge in [0.25, 0.3) is 0 Å². The topological polar surface area (TPSA) is 12.0 Å². The van der Waals surface area contributed by atoms with Crippen LogP contribution in [0.2, 0.25) is 0 Å². The van der Waals surface area contributed by atoms with Gasteiger partial charge >= 0.3 is 0 Å². The number of hydrogen-bond acceptors (Lipinski definition) is 3. The highest BCUT2D eigenvalue weighted by atomic mass is 32.2. The molecule has 72 valence electrons. The Kier molecular flexibility index (Phi) is 3.30. The third-order valence-electron chi connectivity index (χ3n) is 2.47. The summed E-state index contributed by atoms with van der Waals surface area (Å²) >= 11 is 3.87. The molecule has 1 N–H and O–H groups in total. The Morgan fingerprint density at radius 2 is 2.46 bits per heavy atom. The van der Waals surface area contributed by atoms with E-state index in [9.17, 15) is 0 Å². The largest absolute Gasteiger partial charge is 0.309 e. The minimum atomic E-state index is 0.754. The highest BCUT2D eigenvalue weighted by Gasteiger charge is 2.14. The summed E-state index contributed by atoms with van der Waals surface area (Å²) in [5.41, 5.74) is 2.91. The Morgan fingerprint density at radius 3 is 3.08 bits per heavy atom. The molecule has 0 bridgehead atoms. The van der Waals surface area contributed by atoms with Gasteiger partial charge in [-0.3, -0.25) is 0 Å². The third kappa shape index (κ3) is 2.48. The number of thiophene rings is 1. The Labute approximate surface area is 87.9 Å². The summed E-state index contributed by atoms with van der Waals surface area (Å²) in [7, 11) is 0. The van der Waals surface area contributed by atoms with Crippen LogP contribution in [0.5, 0.6) is 0 Å². The van der Waals surface area contributed by atoms with Gasteiger partial charge in [0.2, 0.25) is 0 Å². The van der Waals surface area contributed by atoms with Crippen LogP contribution >= 0.6 is 23.1 Å². The molecule has 0 amide bonds. The van der Waals surface area contributed by atoms with E-state index in [1.54, 1.807) is 11.3 Å². The first-order valence-corrected chi connectivity index (χ1v) is 6.79. The van der Waals surface area contributed by atoms with E-state index in [2.05, 4.69) is 34.8 Å². The average molecular weight is 213 g/mol. The SMILES string of the molecule is Cc1cscc1CNC1CCSC1. The van der Waals surface area contributed by atoms with Crippen molar-refractivity contribution in [2.45, 2.75) is 25.9 Å². The van der Waals surface area contributed by atoms with Gasteiger partial charge in [0.15, 0.2) is 0 Å². The molecule has 1 atom stereocenters. The number of hydrogen-bond donors (Lipinski definition) is 1. The summed E-state index contributed by atoms with van der Waals surface area (Å²) < 4.78 is 0. The van der Waals surface area contributed by atoms with E-state index in [0.717, 1.165) is 12.6 Å². The standard InChI is InChI=1S/C10H15NS2/c1-8-5-13-6-9(8)4-11-10-2-3-12-7-10/h5-6,10-11H,2-4,7H2,1H3. The molecule has 1 unspecified atom stereocenters. The van der Waals surface area contributed by atoms with Crippen molar-refractivity contribution < 1.29 is 0 Å². The zero-order valence-electron chi connectivity index (χ0n) is 7.88. The molecule has 0 saturated carbocycles. The van der Waals surface area contributed by atoms with Crippen molar-refractivity contribution >= 4 is 23.1 Å². The van der Waals surface area contributed by atoms with Crippen molar-refractivity contribution in [1.82, 2.24) is 5.32 Å². The van der Waals surface area contributed by atoms with Crippen molar-refractivity contribution in [2.24, 2.45) is 0 Å². The van der Waals surface area contributed by atoms with Gasteiger partial charge in [-0.2, -0.15) is 23.1 Å². The van der Waals surface area contributed by atoms with E-state index >= 15 is 0 Å². The van der Waals surface area contributed by atoms with Crippen molar-refractivity contribution in [2.75, 3.05) is 11.5 Å². The van der Waals surface area contributed by atoms with Crippen LogP contribution in [0.25, 0.3) is 0 Å². The summed E-state index contributed by atoms with van der Waals surface area (Å²) in [6.07, 6.45) is 1.34. The fraction of sp³-hybridized carbons (Fsp3) is 0.600. The number of nitrogens with one attached hydrogen (secondary N) is 1. The summed E-state index contributed by atoms with van der Waals surface area (Å²) in [6.45, 7) is 3.25. The Morgan fingerprint density at radius 1 is 1.54 bits per heavy atom. The van der Waals surface area contributed by atoms with Crippen molar-refractivity contribution in [3.63, 3.8) is 0 Å². The molecule has 0 aliphatic carbocycles. The summed E-state index contributed by atoms with van der Waals surface area (Å²) in [5, 5.41) is 8.09. The lowest BCUT2D eigenvalue weighted by atomic mass is 10.2. The van der Waals surface area contributed by atoms with Crippen LogP contribution < -0.4 is 5.32 Å². The molecule has 1 fully saturated rings. The van der Waals surface area contributed by atoms with Gasteiger partial charge in [-0.15, -0.1) is 0 Å². The second kappa shape index (κ2) is 4.49. The molecule has 13 heavy (non-hydrogen) atoms. The smallest absolute Gasteiger partial charge is 0.0219 e. The Bertz CT molecular complexity index is 264. The van der Waals surface area contributed by atoms with Crippen molar-refractivity contribution in [1.29, 1.82) is 0 Å². The Balaban J connectivity index is 1.82. The molecule has 3 heteroatoms. The lowest BCUT2D eigenvalue weighted by Crippen LogP contribution is -2.27. The molecular weight excluding hydrogens is 198 g/mol. The normalized spacial score (nSPS) is 22.4. The van der Waals surface area contributed by atoms with Gasteiger partial charge in [-0.05, 0) is 41.0 Å². The highest BCUT2D eigenvalue weighted by Crippen LogP contribution is 2.18. The molecule has 0 spiro atoms. The molecule has 1 aliphatic rings. The quantitative estimate of drug-likeness (QED) is 0.828. The molecule has 0 radical (unpaired) electrons. The number of thioether (sulfide) groups is 1. The van der Waals surface area contributed by atoms with Gasteiger partial charge in [-0.25, -0.2) is 0 Å². The van der Waals surface area contributed by atoms with Crippen LogP contribution in [0.4, 0.5) is 0 Å². The van der Waals surface area contributed by atoms with Crippen LogP contribution in [-0.4, -0.2) is 17.5 Å². The Hall–Kier alpha value is 0.01000. The minimum Gasteiger partial charge on any atom is -0.309 e. The van der Waals surface area contributed by atoms with E-state index in [0.29, 0.717) is 0 Å². The maximum absolute atomic E-state index is 3.61. The molecule has 2 heterocycles. The maximum atomic E-state index is 3.61. The van der Waals surface area contributed by atoms with Crippen LogP contribution in [0.3, 0.4) is 0 Å². The van der Waals surface area contributed by atoms with Crippen LogP contribution in [0.15, 0.2) is 10.8 Å². The summed E-state index contributed by atoms with van der Waals surface area (Å²) in [5.74, 6) is 2.63. The van der Waals surface area contributed by atoms with E-state index in [-0.39, 0.29) is 0 Å². The average Bonchev–Trinajstić information content (AvgIpc) is 2.72. The predicted molar refractivity (Wildman–Crippen MR) is 61.6 cm³/mol. The van der Waals surface area contributed by atoms with Gasteiger partial charge in [0.1, 0.15) is 0 Å². The van der Waals surface area contributed by atoms with Gasteiger partial charge in [0, 0.05) is 18.3 Å². The molecule has 1 saturated heterocycles. The molecule has 1 nitrogen and oxygen atoms in total. The van der Waals surface area contributed by atoms with Crippen LogP contribution in [0, 0.1) is 6.92 Å². The lowest BCUT2D eigenvalue weighted by Gasteiger charge is -2.10. The van der Waals surface area contributed by atoms with Gasteiger partial charge in [-0.1, -0.05) is 0 Å². The fourth-order valence-corrected chi connectivity index (χ4v) is 3.56. The molecular formula is C10H15NS2. The summed E-state index contributed by atoms with van der Waals surface area (Å²) in [6, 6.07) is 0.754. The van der Waals surface area contributed by atoms with Crippen molar-refractivity contribution in [3.05, 3.63) is 21.9 Å². The van der Waals surface area contributed by atoms with Crippen LogP contribution in [-0.2, 0) is 6.54 Å². The molecule has 1 aliphatic heterocycles. The van der Waals surface area contributed by atoms with Crippen molar-refractivity contribution in [3.8, 4) is 0 Å². The number of rotatable bonds is 3. The first kappa shape index (κ1) is 9.56. The number of aryl methyl sites for hydroxylation is 1. The molecule has 1 aromatic heterocycles. The fourth-order valence-electron chi connectivity index (χ4n) is 1.52. The van der Waals surface area contributed by atoms with E-state index < -0.39 is 0 Å². The van der Waals surface area contributed by atoms with E-state index in [4.69, 9.17) is 0 Å². The maximum Gasteiger partial charge on any atom is 0.0219 e. The van der Waals surface area contributed by atoms with E-state index in [1.165, 1.54) is 29.1 Å².